The van der Waals surface area contributed by atoms with E-state index in [2.05, 4.69) is 35.8 Å². The summed E-state index contributed by atoms with van der Waals surface area (Å²) in [6.07, 6.45) is 44.2. The molecule has 0 aromatic carbocycles. The van der Waals surface area contributed by atoms with Crippen molar-refractivity contribution in [1.29, 1.82) is 0 Å². The maximum atomic E-state index is 4.79. The van der Waals surface area contributed by atoms with Crippen LogP contribution >= 0.6 is 15.9 Å². The van der Waals surface area contributed by atoms with Crippen molar-refractivity contribution in [2.45, 2.75) is 206 Å². The van der Waals surface area contributed by atoms with E-state index < -0.39 is 0 Å². The summed E-state index contributed by atoms with van der Waals surface area (Å²) in [5.41, 5.74) is 2.85. The van der Waals surface area contributed by atoms with Gasteiger partial charge in [-0.15, -0.1) is 0 Å². The van der Waals surface area contributed by atoms with Crippen LogP contribution in [0.3, 0.4) is 0 Å². The van der Waals surface area contributed by atoms with Gasteiger partial charge in [0, 0.05) is 16.4 Å². The summed E-state index contributed by atoms with van der Waals surface area (Å²) in [6.45, 7) is 4.61. The van der Waals surface area contributed by atoms with Crippen LogP contribution in [0.15, 0.2) is 16.7 Å². The SMILES string of the molecule is CCCCCCCCCCCCCCCCc1nccc(Br)c1CCCCCCCCCCCCCCCC. The molecule has 0 amide bonds. The smallest absolute Gasteiger partial charge is 0.0446 e. The molecule has 1 aromatic heterocycles. The molecule has 0 aliphatic carbocycles. The van der Waals surface area contributed by atoms with Gasteiger partial charge in [0.05, 0.1) is 0 Å². The molecule has 0 atom stereocenters. The summed E-state index contributed by atoms with van der Waals surface area (Å²) >= 11 is 3.83. The molecular formula is C37H68BrN. The van der Waals surface area contributed by atoms with E-state index >= 15 is 0 Å². The molecule has 1 heterocycles. The Labute approximate surface area is 254 Å². The van der Waals surface area contributed by atoms with Crippen LogP contribution < -0.4 is 0 Å². The predicted octanol–water partition coefficient (Wildman–Crippen LogP) is 13.9. The maximum Gasteiger partial charge on any atom is 0.0446 e. The second-order valence-corrected chi connectivity index (χ2v) is 13.3. The van der Waals surface area contributed by atoms with Crippen LogP contribution in [0.2, 0.25) is 0 Å². The van der Waals surface area contributed by atoms with E-state index in [0.717, 1.165) is 6.42 Å². The second-order valence-electron chi connectivity index (χ2n) is 12.4. The minimum absolute atomic E-state index is 1.16. The first kappa shape index (κ1) is 36.7. The first-order chi connectivity index (χ1) is 19.3. The average molecular weight is 607 g/mol. The molecule has 0 N–H and O–H groups in total. The van der Waals surface area contributed by atoms with Gasteiger partial charge in [0.25, 0.3) is 0 Å². The highest BCUT2D eigenvalue weighted by molar-refractivity contribution is 9.10. The number of hydrogen-bond acceptors (Lipinski definition) is 1. The fourth-order valence-electron chi connectivity index (χ4n) is 5.97. The topological polar surface area (TPSA) is 12.9 Å². The summed E-state index contributed by atoms with van der Waals surface area (Å²) in [5, 5.41) is 0. The van der Waals surface area contributed by atoms with Crippen LogP contribution in [0.4, 0.5) is 0 Å². The fraction of sp³-hybridized carbons (Fsp3) is 0.865. The van der Waals surface area contributed by atoms with Gasteiger partial charge in [0.1, 0.15) is 0 Å². The van der Waals surface area contributed by atoms with Gasteiger partial charge in [-0.25, -0.2) is 0 Å². The number of halogens is 1. The number of pyridine rings is 1. The zero-order valence-corrected chi connectivity index (χ0v) is 28.3. The normalized spacial score (nSPS) is 11.5. The molecule has 0 spiro atoms. The molecule has 1 rings (SSSR count). The summed E-state index contributed by atoms with van der Waals surface area (Å²) in [6, 6.07) is 2.15. The number of rotatable bonds is 30. The third kappa shape index (κ3) is 22.9. The quantitative estimate of drug-likeness (QED) is 0.0794. The lowest BCUT2D eigenvalue weighted by Crippen LogP contribution is -2.00. The fourth-order valence-corrected chi connectivity index (χ4v) is 6.52. The van der Waals surface area contributed by atoms with Gasteiger partial charge in [-0.05, 0) is 37.3 Å². The number of aryl methyl sites for hydroxylation is 1. The molecule has 0 aliphatic rings. The van der Waals surface area contributed by atoms with E-state index in [9.17, 15) is 0 Å². The Balaban J connectivity index is 1.99. The van der Waals surface area contributed by atoms with Crippen LogP contribution in [-0.4, -0.2) is 4.98 Å². The van der Waals surface area contributed by atoms with Crippen LogP contribution in [-0.2, 0) is 12.8 Å². The molecular weight excluding hydrogens is 538 g/mol. The van der Waals surface area contributed by atoms with Crippen molar-refractivity contribution in [2.24, 2.45) is 0 Å². The summed E-state index contributed by atoms with van der Waals surface area (Å²) in [7, 11) is 0. The lowest BCUT2D eigenvalue weighted by Gasteiger charge is -2.11. The molecule has 228 valence electrons. The molecule has 1 nitrogen and oxygen atoms in total. The number of hydrogen-bond donors (Lipinski definition) is 0. The van der Waals surface area contributed by atoms with Crippen molar-refractivity contribution in [2.75, 3.05) is 0 Å². The average Bonchev–Trinajstić information content (AvgIpc) is 2.94. The Morgan fingerprint density at radius 2 is 0.744 bits per heavy atom. The molecule has 39 heavy (non-hydrogen) atoms. The molecule has 0 radical (unpaired) electrons. The van der Waals surface area contributed by atoms with Crippen LogP contribution in [0, 0.1) is 0 Å². The van der Waals surface area contributed by atoms with E-state index in [1.165, 1.54) is 202 Å². The summed E-state index contributed by atoms with van der Waals surface area (Å²) < 4.78 is 1.28. The van der Waals surface area contributed by atoms with E-state index in [4.69, 9.17) is 4.98 Å². The molecule has 1 aromatic rings. The number of unbranched alkanes of at least 4 members (excludes halogenated alkanes) is 26. The highest BCUT2D eigenvalue weighted by Gasteiger charge is 2.08. The van der Waals surface area contributed by atoms with Gasteiger partial charge in [0.15, 0.2) is 0 Å². The van der Waals surface area contributed by atoms with Crippen LogP contribution in [0.1, 0.15) is 205 Å². The van der Waals surface area contributed by atoms with Crippen LogP contribution in [0.5, 0.6) is 0 Å². The molecule has 0 saturated heterocycles. The Bertz CT molecular complexity index is 628. The summed E-state index contributed by atoms with van der Waals surface area (Å²) in [5.74, 6) is 0. The monoisotopic (exact) mass is 605 g/mol. The molecule has 0 bridgehead atoms. The highest BCUT2D eigenvalue weighted by atomic mass is 79.9. The second kappa shape index (κ2) is 29.1. The molecule has 2 heteroatoms. The zero-order valence-electron chi connectivity index (χ0n) is 26.7. The molecule has 0 fully saturated rings. The van der Waals surface area contributed by atoms with Gasteiger partial charge in [-0.3, -0.25) is 4.98 Å². The number of nitrogens with zero attached hydrogens (tertiary/aromatic N) is 1. The van der Waals surface area contributed by atoms with E-state index in [0.29, 0.717) is 0 Å². The van der Waals surface area contributed by atoms with Crippen molar-refractivity contribution in [1.82, 2.24) is 4.98 Å². The minimum atomic E-state index is 1.16. The van der Waals surface area contributed by atoms with Gasteiger partial charge in [-0.2, -0.15) is 0 Å². The van der Waals surface area contributed by atoms with E-state index in [1.54, 1.807) is 0 Å². The first-order valence-corrected chi connectivity index (χ1v) is 18.7. The predicted molar refractivity (Wildman–Crippen MR) is 180 cm³/mol. The Hall–Kier alpha value is -0.370. The van der Waals surface area contributed by atoms with Crippen LogP contribution in [0.25, 0.3) is 0 Å². The van der Waals surface area contributed by atoms with Gasteiger partial charge < -0.3 is 0 Å². The third-order valence-electron chi connectivity index (χ3n) is 8.64. The molecule has 0 saturated carbocycles. The number of aromatic nitrogens is 1. The standard InChI is InChI=1S/C37H68BrN/c1-3-5-7-9-11-13-15-17-19-21-23-25-27-29-31-35-36(38)33-34-39-37(35)32-30-28-26-24-22-20-18-16-14-12-10-8-6-4-2/h33-34H,3-32H2,1-2H3. The maximum absolute atomic E-state index is 4.79. The van der Waals surface area contributed by atoms with Crippen molar-refractivity contribution in [3.8, 4) is 0 Å². The Morgan fingerprint density at radius 3 is 1.10 bits per heavy atom. The van der Waals surface area contributed by atoms with Gasteiger partial charge in [-0.1, -0.05) is 197 Å². The highest BCUT2D eigenvalue weighted by Crippen LogP contribution is 2.24. The van der Waals surface area contributed by atoms with Gasteiger partial charge in [0.2, 0.25) is 0 Å². The first-order valence-electron chi connectivity index (χ1n) is 17.9. The van der Waals surface area contributed by atoms with Crippen molar-refractivity contribution in [3.05, 3.63) is 28.0 Å². The van der Waals surface area contributed by atoms with Crippen molar-refractivity contribution >= 4 is 15.9 Å². The Morgan fingerprint density at radius 1 is 0.436 bits per heavy atom. The third-order valence-corrected chi connectivity index (χ3v) is 9.38. The lowest BCUT2D eigenvalue weighted by atomic mass is 9.99. The van der Waals surface area contributed by atoms with Gasteiger partial charge >= 0.3 is 0 Å². The van der Waals surface area contributed by atoms with Crippen molar-refractivity contribution < 1.29 is 0 Å². The van der Waals surface area contributed by atoms with E-state index in [-0.39, 0.29) is 0 Å². The minimum Gasteiger partial charge on any atom is -0.261 e. The van der Waals surface area contributed by atoms with E-state index in [1.807, 2.05) is 6.20 Å². The van der Waals surface area contributed by atoms with Crippen molar-refractivity contribution in [3.63, 3.8) is 0 Å². The lowest BCUT2D eigenvalue weighted by molar-refractivity contribution is 0.533. The zero-order chi connectivity index (χ0) is 28.1. The molecule has 0 unspecified atom stereocenters. The molecule has 0 aliphatic heterocycles. The Kier molecular flexibility index (Phi) is 27.4. The summed E-state index contributed by atoms with van der Waals surface area (Å²) in [4.78, 5) is 4.79. The largest absolute Gasteiger partial charge is 0.261 e.